The summed E-state index contributed by atoms with van der Waals surface area (Å²) in [7, 11) is 0. The van der Waals surface area contributed by atoms with Crippen molar-refractivity contribution < 1.29 is 0 Å². The van der Waals surface area contributed by atoms with Crippen molar-refractivity contribution in [2.75, 3.05) is 0 Å². The van der Waals surface area contributed by atoms with E-state index in [1.807, 2.05) is 6.07 Å². The Hall–Kier alpha value is -1.21. The second kappa shape index (κ2) is 8.43. The number of hydrogen-bond acceptors (Lipinski definition) is 2. The van der Waals surface area contributed by atoms with E-state index in [-0.39, 0.29) is 12.4 Å². The third-order valence-electron chi connectivity index (χ3n) is 3.64. The maximum absolute atomic E-state index is 9.87. The fraction of sp³-hybridized carbons (Fsp3) is 0.375. The molecule has 1 unspecified atom stereocenters. The van der Waals surface area contributed by atoms with Gasteiger partial charge in [0.15, 0.2) is 0 Å². The summed E-state index contributed by atoms with van der Waals surface area (Å²) in [6, 6.07) is 7.81. The molecule has 0 spiro atoms. The van der Waals surface area contributed by atoms with Crippen LogP contribution in [-0.2, 0) is 11.8 Å². The summed E-state index contributed by atoms with van der Waals surface area (Å²) in [5.41, 5.74) is 0.135. The molecule has 0 fully saturated rings. The third kappa shape index (κ3) is 4.16. The number of hydrogen-bond donors (Lipinski definition) is 1. The van der Waals surface area contributed by atoms with E-state index in [2.05, 4.69) is 23.0 Å². The summed E-state index contributed by atoms with van der Waals surface area (Å²) in [6.45, 7) is 2.11. The first-order chi connectivity index (χ1) is 10.1. The molecular formula is C16H18Cl3N3. The summed E-state index contributed by atoms with van der Waals surface area (Å²) in [5, 5.41) is 11.0. The first-order valence-corrected chi connectivity index (χ1v) is 7.72. The predicted octanol–water partition coefficient (Wildman–Crippen LogP) is 5.33. The number of benzene rings is 1. The number of aromatic amines is 1. The fourth-order valence-corrected chi connectivity index (χ4v) is 3.10. The maximum Gasteiger partial charge on any atom is 0.107 e. The van der Waals surface area contributed by atoms with Crippen LogP contribution in [0.1, 0.15) is 37.6 Å². The molecule has 0 saturated carbocycles. The fourth-order valence-electron chi connectivity index (χ4n) is 2.51. The molecule has 22 heavy (non-hydrogen) atoms. The first kappa shape index (κ1) is 18.8. The van der Waals surface area contributed by atoms with E-state index in [0.29, 0.717) is 16.5 Å². The minimum atomic E-state index is -0.685. The number of aromatic nitrogens is 2. The van der Waals surface area contributed by atoms with Crippen LogP contribution in [0.15, 0.2) is 30.6 Å². The zero-order chi connectivity index (χ0) is 15.3. The van der Waals surface area contributed by atoms with Gasteiger partial charge in [0, 0.05) is 28.9 Å². The smallest absolute Gasteiger partial charge is 0.107 e. The lowest BCUT2D eigenvalue weighted by Crippen LogP contribution is -2.28. The van der Waals surface area contributed by atoms with Crippen molar-refractivity contribution in [2.24, 2.45) is 0 Å². The normalized spacial score (nSPS) is 13.0. The van der Waals surface area contributed by atoms with E-state index in [1.165, 1.54) is 0 Å². The summed E-state index contributed by atoms with van der Waals surface area (Å²) in [4.78, 5) is 7.33. The van der Waals surface area contributed by atoms with Crippen molar-refractivity contribution in [3.8, 4) is 6.07 Å². The molecule has 0 bridgehead atoms. The van der Waals surface area contributed by atoms with Crippen molar-refractivity contribution in [1.29, 1.82) is 5.26 Å². The number of rotatable bonds is 6. The number of nitrogens with zero attached hydrogens (tertiary/aromatic N) is 2. The van der Waals surface area contributed by atoms with E-state index >= 15 is 0 Å². The lowest BCUT2D eigenvalue weighted by molar-refractivity contribution is 0.468. The highest BCUT2D eigenvalue weighted by atomic mass is 35.5. The van der Waals surface area contributed by atoms with E-state index in [4.69, 9.17) is 23.2 Å². The van der Waals surface area contributed by atoms with E-state index in [0.717, 1.165) is 30.7 Å². The second-order valence-corrected chi connectivity index (χ2v) is 5.98. The molecule has 1 heterocycles. The van der Waals surface area contributed by atoms with Crippen molar-refractivity contribution >= 4 is 35.6 Å². The first-order valence-electron chi connectivity index (χ1n) is 6.96. The molecule has 0 amide bonds. The predicted molar refractivity (Wildman–Crippen MR) is 92.8 cm³/mol. The molecule has 0 aliphatic carbocycles. The summed E-state index contributed by atoms with van der Waals surface area (Å²) < 4.78 is 0. The molecule has 2 aromatic rings. The maximum atomic E-state index is 9.87. The average Bonchev–Trinajstić information content (AvgIpc) is 2.96. The van der Waals surface area contributed by atoms with Gasteiger partial charge in [0.05, 0.1) is 11.5 Å². The topological polar surface area (TPSA) is 52.5 Å². The Balaban J connectivity index is 0.00000242. The van der Waals surface area contributed by atoms with Crippen LogP contribution in [0.4, 0.5) is 0 Å². The van der Waals surface area contributed by atoms with Gasteiger partial charge >= 0.3 is 0 Å². The number of halogens is 3. The van der Waals surface area contributed by atoms with Gasteiger partial charge in [0.2, 0.25) is 0 Å². The van der Waals surface area contributed by atoms with Crippen molar-refractivity contribution in [3.05, 3.63) is 52.0 Å². The van der Waals surface area contributed by atoms with Gasteiger partial charge in [-0.1, -0.05) is 49.0 Å². The van der Waals surface area contributed by atoms with Gasteiger partial charge in [0.25, 0.3) is 0 Å². The monoisotopic (exact) mass is 357 g/mol. The zero-order valence-corrected chi connectivity index (χ0v) is 14.6. The van der Waals surface area contributed by atoms with Gasteiger partial charge in [-0.2, -0.15) is 5.26 Å². The second-order valence-electron chi connectivity index (χ2n) is 5.13. The molecule has 0 saturated heterocycles. The average molecular weight is 359 g/mol. The van der Waals surface area contributed by atoms with Crippen LogP contribution >= 0.6 is 35.6 Å². The Labute approximate surface area is 147 Å². The van der Waals surface area contributed by atoms with Crippen molar-refractivity contribution in [1.82, 2.24) is 9.97 Å². The van der Waals surface area contributed by atoms with Gasteiger partial charge in [-0.25, -0.2) is 4.98 Å². The van der Waals surface area contributed by atoms with Crippen LogP contribution in [0, 0.1) is 11.3 Å². The van der Waals surface area contributed by atoms with Crippen LogP contribution in [0.5, 0.6) is 0 Å². The van der Waals surface area contributed by atoms with E-state index in [9.17, 15) is 5.26 Å². The van der Waals surface area contributed by atoms with Gasteiger partial charge in [-0.15, -0.1) is 12.4 Å². The van der Waals surface area contributed by atoms with Gasteiger partial charge < -0.3 is 4.98 Å². The summed E-state index contributed by atoms with van der Waals surface area (Å²) in [5.74, 6) is 0.790. The molecule has 1 atom stereocenters. The van der Waals surface area contributed by atoms with Gasteiger partial charge in [-0.3, -0.25) is 0 Å². The van der Waals surface area contributed by atoms with Crippen LogP contribution < -0.4 is 0 Å². The molecule has 0 aliphatic rings. The van der Waals surface area contributed by atoms with E-state index < -0.39 is 5.41 Å². The Morgan fingerprint density at radius 3 is 2.68 bits per heavy atom. The quantitative estimate of drug-likeness (QED) is 0.758. The molecule has 118 valence electrons. The molecule has 0 radical (unpaired) electrons. The van der Waals surface area contributed by atoms with Gasteiger partial charge in [-0.05, 0) is 24.1 Å². The summed E-state index contributed by atoms with van der Waals surface area (Å²) >= 11 is 12.3. The highest BCUT2D eigenvalue weighted by Gasteiger charge is 2.35. The minimum Gasteiger partial charge on any atom is -0.349 e. The van der Waals surface area contributed by atoms with Crippen molar-refractivity contribution in [2.45, 2.75) is 38.0 Å². The number of unbranched alkanes of at least 4 members (excludes halogenated alkanes) is 1. The number of H-pyrrole nitrogens is 1. The summed E-state index contributed by atoms with van der Waals surface area (Å²) in [6.07, 6.45) is 6.68. The molecule has 1 N–H and O–H groups in total. The van der Waals surface area contributed by atoms with E-state index in [1.54, 1.807) is 24.5 Å². The number of nitrogens with one attached hydrogen (secondary N) is 1. The number of imidazole rings is 1. The molecular weight excluding hydrogens is 341 g/mol. The van der Waals surface area contributed by atoms with Crippen molar-refractivity contribution in [3.63, 3.8) is 0 Å². The molecule has 1 aromatic heterocycles. The number of nitriles is 1. The largest absolute Gasteiger partial charge is 0.349 e. The molecule has 3 nitrogen and oxygen atoms in total. The Morgan fingerprint density at radius 2 is 2.14 bits per heavy atom. The molecule has 2 rings (SSSR count). The molecule has 1 aromatic carbocycles. The Morgan fingerprint density at radius 1 is 1.36 bits per heavy atom. The van der Waals surface area contributed by atoms with Crippen LogP contribution in [-0.4, -0.2) is 9.97 Å². The zero-order valence-electron chi connectivity index (χ0n) is 12.3. The minimum absolute atomic E-state index is 0. The SMILES string of the molecule is CCCCC(C#N)(Cc1ncc[nH]1)c1ccc(Cl)cc1Cl.Cl. The lowest BCUT2D eigenvalue weighted by Gasteiger charge is -2.27. The molecule has 0 aliphatic heterocycles. The van der Waals surface area contributed by atoms with Crippen LogP contribution in [0.3, 0.4) is 0 Å². The van der Waals surface area contributed by atoms with Gasteiger partial charge in [0.1, 0.15) is 5.82 Å². The Bertz CT molecular complexity index is 635. The standard InChI is InChI=1S/C16H17Cl2N3.ClH/c1-2-3-6-16(11-19,10-15-20-7-8-21-15)13-5-4-12(17)9-14(13)18;/h4-5,7-9H,2-3,6,10H2,1H3,(H,20,21);1H. The highest BCUT2D eigenvalue weighted by Crippen LogP contribution is 2.38. The molecule has 6 heteroatoms. The third-order valence-corrected chi connectivity index (χ3v) is 4.19. The highest BCUT2D eigenvalue weighted by molar-refractivity contribution is 6.35. The lowest BCUT2D eigenvalue weighted by atomic mass is 9.74. The Kier molecular flexibility index (Phi) is 7.22. The van der Waals surface area contributed by atoms with Crippen LogP contribution in [0.25, 0.3) is 0 Å². The van der Waals surface area contributed by atoms with Crippen LogP contribution in [0.2, 0.25) is 10.0 Å².